The highest BCUT2D eigenvalue weighted by Crippen LogP contribution is 2.25. The smallest absolute Gasteiger partial charge is 0.324 e. The number of aromatic nitrogens is 1. The maximum atomic E-state index is 12.3. The van der Waals surface area contributed by atoms with Gasteiger partial charge in [-0.15, -0.1) is 6.58 Å². The molecule has 1 N–H and O–H groups in total. The van der Waals surface area contributed by atoms with Crippen molar-refractivity contribution in [3.63, 3.8) is 0 Å². The molecule has 0 unspecified atom stereocenters. The standard InChI is InChI=1S/C19H16N4O4S2/c1-3-10-22-15-7-4-13(20-12(2)24)11-16(15)29-19(22)21-17(25)8-5-14-6-9-18(28-14)23(26)27/h3-9,11H,1,10H2,2H3,(H,20,24). The van der Waals surface area contributed by atoms with E-state index < -0.39 is 10.8 Å². The molecule has 0 saturated carbocycles. The summed E-state index contributed by atoms with van der Waals surface area (Å²) in [5, 5.41) is 13.5. The first-order valence-corrected chi connectivity index (χ1v) is 10.0. The van der Waals surface area contributed by atoms with Gasteiger partial charge in [-0.3, -0.25) is 19.7 Å². The zero-order chi connectivity index (χ0) is 21.0. The summed E-state index contributed by atoms with van der Waals surface area (Å²) in [4.78, 5) is 39.1. The minimum atomic E-state index is -0.479. The first-order valence-electron chi connectivity index (χ1n) is 8.40. The molecule has 2 aromatic heterocycles. The van der Waals surface area contributed by atoms with E-state index in [4.69, 9.17) is 0 Å². The molecular formula is C19H16N4O4S2. The zero-order valence-corrected chi connectivity index (χ0v) is 17.0. The molecule has 2 heterocycles. The van der Waals surface area contributed by atoms with Crippen molar-refractivity contribution in [2.45, 2.75) is 13.5 Å². The molecule has 1 aromatic carbocycles. The number of thiophene rings is 1. The summed E-state index contributed by atoms with van der Waals surface area (Å²) in [5.74, 6) is -0.647. The molecule has 0 aliphatic rings. The lowest BCUT2D eigenvalue weighted by atomic mass is 10.3. The Kier molecular flexibility index (Phi) is 6.15. The topological polar surface area (TPSA) is 107 Å². The van der Waals surface area contributed by atoms with E-state index in [2.05, 4.69) is 16.9 Å². The molecule has 0 radical (unpaired) electrons. The van der Waals surface area contributed by atoms with Crippen molar-refractivity contribution in [2.24, 2.45) is 4.99 Å². The number of nitro groups is 1. The van der Waals surface area contributed by atoms with E-state index in [9.17, 15) is 19.7 Å². The molecule has 3 aromatic rings. The lowest BCUT2D eigenvalue weighted by Crippen LogP contribution is -2.15. The minimum absolute atomic E-state index is 0.0114. The summed E-state index contributed by atoms with van der Waals surface area (Å²) >= 11 is 2.30. The van der Waals surface area contributed by atoms with Gasteiger partial charge in [-0.05, 0) is 30.3 Å². The fraction of sp³-hybridized carbons (Fsp3) is 0.105. The van der Waals surface area contributed by atoms with E-state index in [-0.39, 0.29) is 10.9 Å². The average Bonchev–Trinajstić information content (AvgIpc) is 3.25. The van der Waals surface area contributed by atoms with Crippen LogP contribution in [0.2, 0.25) is 0 Å². The highest BCUT2D eigenvalue weighted by molar-refractivity contribution is 7.16. The first kappa shape index (κ1) is 20.4. The van der Waals surface area contributed by atoms with Gasteiger partial charge in [0.15, 0.2) is 4.80 Å². The molecule has 0 bridgehead atoms. The SMILES string of the molecule is C=CCn1c(=NC(=O)C=Cc2ccc([N+](=O)[O-])s2)sc2cc(NC(C)=O)ccc21. The second-order valence-electron chi connectivity index (χ2n) is 5.86. The lowest BCUT2D eigenvalue weighted by molar-refractivity contribution is -0.380. The molecule has 2 amide bonds. The Labute approximate surface area is 173 Å². The predicted octanol–water partition coefficient (Wildman–Crippen LogP) is 3.96. The van der Waals surface area contributed by atoms with Crippen molar-refractivity contribution >= 4 is 61.5 Å². The summed E-state index contributed by atoms with van der Waals surface area (Å²) in [6, 6.07) is 8.43. The third kappa shape index (κ3) is 4.92. The third-order valence-electron chi connectivity index (χ3n) is 3.70. The van der Waals surface area contributed by atoms with E-state index in [1.165, 1.54) is 36.5 Å². The van der Waals surface area contributed by atoms with Gasteiger partial charge in [-0.25, -0.2) is 0 Å². The number of hydrogen-bond acceptors (Lipinski definition) is 6. The Balaban J connectivity index is 1.94. The van der Waals surface area contributed by atoms with Gasteiger partial charge in [0, 0.05) is 36.2 Å². The molecule has 0 atom stereocenters. The average molecular weight is 428 g/mol. The summed E-state index contributed by atoms with van der Waals surface area (Å²) < 4.78 is 2.72. The molecule has 10 heteroatoms. The van der Waals surface area contributed by atoms with Crippen LogP contribution in [0.5, 0.6) is 0 Å². The number of thiazole rings is 1. The van der Waals surface area contributed by atoms with Gasteiger partial charge >= 0.3 is 5.00 Å². The first-order chi connectivity index (χ1) is 13.9. The number of benzene rings is 1. The van der Waals surface area contributed by atoms with E-state index in [0.717, 1.165) is 21.6 Å². The van der Waals surface area contributed by atoms with Crippen molar-refractivity contribution in [1.29, 1.82) is 0 Å². The van der Waals surface area contributed by atoms with Crippen molar-refractivity contribution in [2.75, 3.05) is 5.32 Å². The predicted molar refractivity (Wildman–Crippen MR) is 115 cm³/mol. The van der Waals surface area contributed by atoms with Crippen LogP contribution in [0, 0.1) is 10.1 Å². The van der Waals surface area contributed by atoms with Gasteiger partial charge in [0.1, 0.15) is 0 Å². The van der Waals surface area contributed by atoms with Crippen LogP contribution in [-0.4, -0.2) is 21.3 Å². The van der Waals surface area contributed by atoms with Gasteiger partial charge in [0.25, 0.3) is 5.91 Å². The van der Waals surface area contributed by atoms with Gasteiger partial charge in [0.05, 0.1) is 15.1 Å². The quantitative estimate of drug-likeness (QED) is 0.277. The highest BCUT2D eigenvalue weighted by atomic mass is 32.1. The Bertz CT molecular complexity index is 1220. The van der Waals surface area contributed by atoms with E-state index in [1.54, 1.807) is 18.2 Å². The Hall–Kier alpha value is -3.37. The molecule has 3 rings (SSSR count). The van der Waals surface area contributed by atoms with Gasteiger partial charge < -0.3 is 9.88 Å². The Morgan fingerprint density at radius 3 is 2.76 bits per heavy atom. The number of fused-ring (bicyclic) bond motifs is 1. The maximum absolute atomic E-state index is 12.3. The summed E-state index contributed by atoms with van der Waals surface area (Å²) in [7, 11) is 0. The van der Waals surface area contributed by atoms with Gasteiger partial charge in [0.2, 0.25) is 5.91 Å². The summed E-state index contributed by atoms with van der Waals surface area (Å²) in [6.45, 7) is 5.64. The van der Waals surface area contributed by atoms with E-state index >= 15 is 0 Å². The maximum Gasteiger partial charge on any atom is 0.324 e. The van der Waals surface area contributed by atoms with Crippen molar-refractivity contribution in [3.8, 4) is 0 Å². The fourth-order valence-electron chi connectivity index (χ4n) is 2.56. The van der Waals surface area contributed by atoms with Gasteiger partial charge in [-0.1, -0.05) is 28.7 Å². The van der Waals surface area contributed by atoms with Crippen LogP contribution in [0.3, 0.4) is 0 Å². The molecule has 0 spiro atoms. The number of hydrogen-bond donors (Lipinski definition) is 1. The Morgan fingerprint density at radius 1 is 1.31 bits per heavy atom. The number of anilines is 1. The van der Waals surface area contributed by atoms with Crippen LogP contribution >= 0.6 is 22.7 Å². The summed E-state index contributed by atoms with van der Waals surface area (Å²) in [5.41, 5.74) is 1.53. The second kappa shape index (κ2) is 8.76. The molecular weight excluding hydrogens is 412 g/mol. The largest absolute Gasteiger partial charge is 0.326 e. The lowest BCUT2D eigenvalue weighted by Gasteiger charge is -2.03. The van der Waals surface area contributed by atoms with E-state index in [0.29, 0.717) is 21.9 Å². The van der Waals surface area contributed by atoms with Crippen LogP contribution < -0.4 is 10.1 Å². The van der Waals surface area contributed by atoms with Crippen LogP contribution in [0.4, 0.5) is 10.7 Å². The molecule has 8 nitrogen and oxygen atoms in total. The normalized spacial score (nSPS) is 11.8. The number of carbonyl (C=O) groups excluding carboxylic acids is 2. The zero-order valence-electron chi connectivity index (χ0n) is 15.3. The number of carbonyl (C=O) groups is 2. The van der Waals surface area contributed by atoms with E-state index in [1.807, 2.05) is 16.7 Å². The van der Waals surface area contributed by atoms with Crippen molar-refractivity contribution in [1.82, 2.24) is 4.57 Å². The molecule has 0 aliphatic carbocycles. The number of rotatable bonds is 6. The van der Waals surface area contributed by atoms with Crippen LogP contribution in [0.1, 0.15) is 11.8 Å². The fourth-order valence-corrected chi connectivity index (χ4v) is 4.37. The molecule has 0 saturated heterocycles. The van der Waals surface area contributed by atoms with Crippen molar-refractivity contribution < 1.29 is 14.5 Å². The van der Waals surface area contributed by atoms with Gasteiger partial charge in [-0.2, -0.15) is 4.99 Å². The minimum Gasteiger partial charge on any atom is -0.326 e. The Morgan fingerprint density at radius 2 is 2.10 bits per heavy atom. The third-order valence-corrected chi connectivity index (χ3v) is 5.75. The van der Waals surface area contributed by atoms with Crippen LogP contribution in [-0.2, 0) is 16.1 Å². The number of nitrogens with zero attached hydrogens (tertiary/aromatic N) is 3. The molecule has 148 valence electrons. The molecule has 0 aliphatic heterocycles. The number of nitrogens with one attached hydrogen (secondary N) is 1. The number of allylic oxidation sites excluding steroid dienone is 1. The second-order valence-corrected chi connectivity index (χ2v) is 7.97. The monoisotopic (exact) mass is 428 g/mol. The van der Waals surface area contributed by atoms with Crippen molar-refractivity contribution in [3.05, 3.63) is 68.9 Å². The molecule has 29 heavy (non-hydrogen) atoms. The van der Waals surface area contributed by atoms with Crippen LogP contribution in [0.25, 0.3) is 16.3 Å². The highest BCUT2D eigenvalue weighted by Gasteiger charge is 2.09. The number of amides is 2. The molecule has 0 fully saturated rings. The van der Waals surface area contributed by atoms with Crippen LogP contribution in [0.15, 0.2) is 54.1 Å². The summed E-state index contributed by atoms with van der Waals surface area (Å²) in [6.07, 6.45) is 4.49.